The third kappa shape index (κ3) is 3.61. The molecule has 2 aliphatic heterocycles. The van der Waals surface area contributed by atoms with Crippen molar-refractivity contribution < 1.29 is 14.6 Å². The van der Waals surface area contributed by atoms with Gasteiger partial charge in [-0.15, -0.1) is 0 Å². The van der Waals surface area contributed by atoms with Crippen LogP contribution in [0.2, 0.25) is 0 Å². The standard InChI is InChI=1S/C24H24N4O3/c1-16-5-2-3-8-19(16)23(30)28-10-9-20-21(17-6-4-7-18(29)15-17)25-24(26-22(20)28)27-11-13-31-14-12-27/h2-8,15,29H,9-14H2,1H3. The molecule has 1 N–H and O–H groups in total. The number of ether oxygens (including phenoxy) is 1. The fourth-order valence-electron chi connectivity index (χ4n) is 4.20. The minimum Gasteiger partial charge on any atom is -0.508 e. The predicted octanol–water partition coefficient (Wildman–Crippen LogP) is 3.20. The van der Waals surface area contributed by atoms with Crippen molar-refractivity contribution >= 4 is 17.7 Å². The minimum absolute atomic E-state index is 0.0506. The van der Waals surface area contributed by atoms with Gasteiger partial charge in [0.15, 0.2) is 0 Å². The highest BCUT2D eigenvalue weighted by Crippen LogP contribution is 2.37. The number of fused-ring (bicyclic) bond motifs is 1. The number of aromatic hydroxyl groups is 1. The Kier molecular flexibility index (Phi) is 5.03. The van der Waals surface area contributed by atoms with Crippen LogP contribution in [0.3, 0.4) is 0 Å². The molecule has 1 fully saturated rings. The van der Waals surface area contributed by atoms with Crippen LogP contribution < -0.4 is 9.80 Å². The maximum atomic E-state index is 13.4. The Bertz CT molecular complexity index is 1140. The number of carbonyl (C=O) groups is 1. The zero-order valence-corrected chi connectivity index (χ0v) is 17.4. The van der Waals surface area contributed by atoms with Crippen LogP contribution in [0.1, 0.15) is 21.5 Å². The quantitative estimate of drug-likeness (QED) is 0.707. The van der Waals surface area contributed by atoms with Crippen molar-refractivity contribution in [3.05, 3.63) is 65.2 Å². The molecule has 2 aliphatic rings. The first-order valence-electron chi connectivity index (χ1n) is 10.5. The van der Waals surface area contributed by atoms with Gasteiger partial charge in [0, 0.05) is 36.3 Å². The van der Waals surface area contributed by atoms with E-state index in [4.69, 9.17) is 14.7 Å². The fraction of sp³-hybridized carbons (Fsp3) is 0.292. The average molecular weight is 416 g/mol. The zero-order valence-electron chi connectivity index (χ0n) is 17.4. The molecule has 0 atom stereocenters. The fourth-order valence-corrected chi connectivity index (χ4v) is 4.20. The van der Waals surface area contributed by atoms with Crippen LogP contribution in [0.5, 0.6) is 5.75 Å². The molecular weight excluding hydrogens is 392 g/mol. The molecule has 3 heterocycles. The lowest BCUT2D eigenvalue weighted by atomic mass is 10.1. The summed E-state index contributed by atoms with van der Waals surface area (Å²) < 4.78 is 5.48. The maximum absolute atomic E-state index is 13.4. The van der Waals surface area contributed by atoms with Crippen molar-refractivity contribution in [3.8, 4) is 17.0 Å². The molecule has 0 aliphatic carbocycles. The molecule has 1 saturated heterocycles. The van der Waals surface area contributed by atoms with Gasteiger partial charge in [-0.1, -0.05) is 30.3 Å². The van der Waals surface area contributed by atoms with E-state index in [0.717, 1.165) is 22.4 Å². The molecule has 7 nitrogen and oxygen atoms in total. The number of anilines is 2. The minimum atomic E-state index is -0.0506. The smallest absolute Gasteiger partial charge is 0.259 e. The molecule has 0 saturated carbocycles. The van der Waals surface area contributed by atoms with Gasteiger partial charge in [0.25, 0.3) is 5.91 Å². The number of morpholine rings is 1. The molecule has 158 valence electrons. The largest absolute Gasteiger partial charge is 0.508 e. The van der Waals surface area contributed by atoms with Crippen LogP contribution in [0, 0.1) is 6.92 Å². The highest BCUT2D eigenvalue weighted by molar-refractivity contribution is 6.08. The van der Waals surface area contributed by atoms with Crippen molar-refractivity contribution in [1.29, 1.82) is 0 Å². The molecule has 0 bridgehead atoms. The second-order valence-electron chi connectivity index (χ2n) is 7.85. The Morgan fingerprint density at radius 2 is 1.84 bits per heavy atom. The number of amides is 1. The Hall–Kier alpha value is -3.45. The molecule has 0 unspecified atom stereocenters. The molecule has 1 aromatic heterocycles. The van der Waals surface area contributed by atoms with Gasteiger partial charge < -0.3 is 14.7 Å². The molecule has 3 aromatic rings. The van der Waals surface area contributed by atoms with E-state index in [-0.39, 0.29) is 11.7 Å². The highest BCUT2D eigenvalue weighted by Gasteiger charge is 2.32. The van der Waals surface area contributed by atoms with Gasteiger partial charge in [-0.3, -0.25) is 9.69 Å². The van der Waals surface area contributed by atoms with E-state index in [1.54, 1.807) is 23.1 Å². The van der Waals surface area contributed by atoms with Gasteiger partial charge >= 0.3 is 0 Å². The number of hydrogen-bond donors (Lipinski definition) is 1. The second kappa shape index (κ2) is 8.00. The van der Waals surface area contributed by atoms with Gasteiger partial charge in [0.1, 0.15) is 11.6 Å². The first kappa shape index (κ1) is 19.5. The second-order valence-corrected chi connectivity index (χ2v) is 7.85. The molecule has 7 heteroatoms. The lowest BCUT2D eigenvalue weighted by molar-refractivity contribution is 0.0988. The number of carbonyl (C=O) groups excluding carboxylic acids is 1. The Balaban J connectivity index is 1.63. The van der Waals surface area contributed by atoms with Crippen LogP contribution in [0.25, 0.3) is 11.3 Å². The summed E-state index contributed by atoms with van der Waals surface area (Å²) in [6.07, 6.45) is 0.668. The number of benzene rings is 2. The number of hydrogen-bond acceptors (Lipinski definition) is 6. The summed E-state index contributed by atoms with van der Waals surface area (Å²) in [6.45, 7) is 5.13. The summed E-state index contributed by atoms with van der Waals surface area (Å²) in [5.41, 5.74) is 4.14. The lowest BCUT2D eigenvalue weighted by Crippen LogP contribution is -2.38. The van der Waals surface area contributed by atoms with Crippen molar-refractivity contribution in [2.75, 3.05) is 42.6 Å². The van der Waals surface area contributed by atoms with Crippen LogP contribution in [0.4, 0.5) is 11.8 Å². The maximum Gasteiger partial charge on any atom is 0.259 e. The van der Waals surface area contributed by atoms with Crippen molar-refractivity contribution in [2.45, 2.75) is 13.3 Å². The number of aryl methyl sites for hydroxylation is 1. The summed E-state index contributed by atoms with van der Waals surface area (Å²) in [6, 6.07) is 14.7. The first-order valence-corrected chi connectivity index (χ1v) is 10.5. The third-order valence-corrected chi connectivity index (χ3v) is 5.85. The van der Waals surface area contributed by atoms with E-state index in [1.807, 2.05) is 37.3 Å². The van der Waals surface area contributed by atoms with Crippen LogP contribution in [-0.2, 0) is 11.2 Å². The van der Waals surface area contributed by atoms with Crippen LogP contribution in [0.15, 0.2) is 48.5 Å². The Morgan fingerprint density at radius 3 is 2.61 bits per heavy atom. The van der Waals surface area contributed by atoms with E-state index in [1.165, 1.54) is 0 Å². The summed E-state index contributed by atoms with van der Waals surface area (Å²) in [7, 11) is 0. The Labute approximate surface area is 180 Å². The molecule has 0 radical (unpaired) electrons. The predicted molar refractivity (Wildman–Crippen MR) is 119 cm³/mol. The summed E-state index contributed by atoms with van der Waals surface area (Å²) in [4.78, 5) is 27.0. The van der Waals surface area contributed by atoms with Crippen LogP contribution >= 0.6 is 0 Å². The summed E-state index contributed by atoms with van der Waals surface area (Å²) in [5, 5.41) is 10.0. The zero-order chi connectivity index (χ0) is 21.4. The molecule has 31 heavy (non-hydrogen) atoms. The van der Waals surface area contributed by atoms with Crippen molar-refractivity contribution in [3.63, 3.8) is 0 Å². The van der Waals surface area contributed by atoms with Gasteiger partial charge in [-0.2, -0.15) is 4.98 Å². The number of aromatic nitrogens is 2. The molecule has 2 aromatic carbocycles. The SMILES string of the molecule is Cc1ccccc1C(=O)N1CCc2c(-c3cccc(O)c3)nc(N3CCOCC3)nc21. The van der Waals surface area contributed by atoms with E-state index in [0.29, 0.717) is 56.6 Å². The van der Waals surface area contributed by atoms with Gasteiger partial charge in [-0.25, -0.2) is 4.98 Å². The van der Waals surface area contributed by atoms with E-state index >= 15 is 0 Å². The number of nitrogens with zero attached hydrogens (tertiary/aromatic N) is 4. The summed E-state index contributed by atoms with van der Waals surface area (Å²) >= 11 is 0. The molecular formula is C24H24N4O3. The highest BCUT2D eigenvalue weighted by atomic mass is 16.5. The number of rotatable bonds is 3. The van der Waals surface area contributed by atoms with Gasteiger partial charge in [0.05, 0.1) is 18.9 Å². The Morgan fingerprint density at radius 1 is 1.03 bits per heavy atom. The van der Waals surface area contributed by atoms with Crippen molar-refractivity contribution in [1.82, 2.24) is 9.97 Å². The average Bonchev–Trinajstić information content (AvgIpc) is 3.23. The van der Waals surface area contributed by atoms with E-state index in [9.17, 15) is 9.90 Å². The molecule has 5 rings (SSSR count). The number of phenols is 1. The molecule has 0 spiro atoms. The van der Waals surface area contributed by atoms with Gasteiger partial charge in [-0.05, 0) is 37.1 Å². The topological polar surface area (TPSA) is 78.8 Å². The molecule has 1 amide bonds. The normalized spacial score (nSPS) is 15.8. The lowest BCUT2D eigenvalue weighted by Gasteiger charge is -2.28. The monoisotopic (exact) mass is 416 g/mol. The summed E-state index contributed by atoms with van der Waals surface area (Å²) in [5.74, 6) is 1.38. The van der Waals surface area contributed by atoms with Gasteiger partial charge in [0.2, 0.25) is 5.95 Å². The number of phenolic OH excluding ortho intramolecular Hbond substituents is 1. The van der Waals surface area contributed by atoms with Crippen LogP contribution in [-0.4, -0.2) is 53.8 Å². The van der Waals surface area contributed by atoms with Crippen molar-refractivity contribution in [2.24, 2.45) is 0 Å². The van der Waals surface area contributed by atoms with E-state index < -0.39 is 0 Å². The van der Waals surface area contributed by atoms with E-state index in [2.05, 4.69) is 4.90 Å². The third-order valence-electron chi connectivity index (χ3n) is 5.85. The first-order chi connectivity index (χ1) is 15.1.